The zero-order valence-electron chi connectivity index (χ0n) is 14.9. The van der Waals surface area contributed by atoms with Gasteiger partial charge in [-0.25, -0.2) is 4.79 Å². The fourth-order valence-corrected chi connectivity index (χ4v) is 3.01. The molecule has 0 aliphatic heterocycles. The molecule has 6 heteroatoms. The van der Waals surface area contributed by atoms with E-state index in [1.54, 1.807) is 49.4 Å². The van der Waals surface area contributed by atoms with Crippen molar-refractivity contribution in [2.24, 2.45) is 0 Å². The first kappa shape index (κ1) is 19.9. The standard InChI is InChI=1S/C22H16Cl2O4/c1-14-11-16(22(26)15-5-3-2-4-6-15)7-9-19(14)28-21(25)13-27-20-10-8-17(23)12-18(20)24/h2-12H,13H2,1H3. The molecule has 3 rings (SSSR count). The lowest BCUT2D eigenvalue weighted by Crippen LogP contribution is -2.18. The summed E-state index contributed by atoms with van der Waals surface area (Å²) >= 11 is 11.8. The summed E-state index contributed by atoms with van der Waals surface area (Å²) in [5.74, 6) is 0.0162. The Hall–Kier alpha value is -2.82. The molecule has 0 aromatic heterocycles. The molecule has 0 amide bonds. The molecule has 0 fully saturated rings. The van der Waals surface area contributed by atoms with Crippen LogP contribution in [0.3, 0.4) is 0 Å². The van der Waals surface area contributed by atoms with Crippen molar-refractivity contribution in [3.63, 3.8) is 0 Å². The summed E-state index contributed by atoms with van der Waals surface area (Å²) in [5, 5.41) is 0.779. The van der Waals surface area contributed by atoms with Gasteiger partial charge in [-0.15, -0.1) is 0 Å². The molecule has 3 aromatic rings. The maximum absolute atomic E-state index is 12.5. The van der Waals surface area contributed by atoms with Crippen molar-refractivity contribution >= 4 is 35.0 Å². The zero-order valence-corrected chi connectivity index (χ0v) is 16.5. The molecular weight excluding hydrogens is 399 g/mol. The van der Waals surface area contributed by atoms with E-state index < -0.39 is 5.97 Å². The van der Waals surface area contributed by atoms with E-state index in [1.165, 1.54) is 6.07 Å². The van der Waals surface area contributed by atoms with E-state index in [-0.39, 0.29) is 12.4 Å². The molecular formula is C22H16Cl2O4. The third kappa shape index (κ3) is 4.91. The Morgan fingerprint density at radius 3 is 2.25 bits per heavy atom. The van der Waals surface area contributed by atoms with Gasteiger partial charge < -0.3 is 9.47 Å². The van der Waals surface area contributed by atoms with Crippen LogP contribution >= 0.6 is 23.2 Å². The average molecular weight is 415 g/mol. The summed E-state index contributed by atoms with van der Waals surface area (Å²) in [7, 11) is 0. The van der Waals surface area contributed by atoms with Crippen molar-refractivity contribution in [2.75, 3.05) is 6.61 Å². The Bertz CT molecular complexity index is 1020. The van der Waals surface area contributed by atoms with Crippen molar-refractivity contribution in [1.29, 1.82) is 0 Å². The van der Waals surface area contributed by atoms with Gasteiger partial charge in [0.2, 0.25) is 0 Å². The fraction of sp³-hybridized carbons (Fsp3) is 0.0909. The summed E-state index contributed by atoms with van der Waals surface area (Å²) in [6, 6.07) is 18.6. The second-order valence-corrected chi connectivity index (χ2v) is 6.86. The molecule has 0 aliphatic rings. The van der Waals surface area contributed by atoms with Crippen LogP contribution in [0.5, 0.6) is 11.5 Å². The fourth-order valence-electron chi connectivity index (χ4n) is 2.54. The topological polar surface area (TPSA) is 52.6 Å². The van der Waals surface area contributed by atoms with Crippen LogP contribution in [0.2, 0.25) is 10.0 Å². The van der Waals surface area contributed by atoms with Crippen LogP contribution in [0.15, 0.2) is 66.7 Å². The number of hydrogen-bond donors (Lipinski definition) is 0. The van der Waals surface area contributed by atoms with Crippen molar-refractivity contribution < 1.29 is 19.1 Å². The summed E-state index contributed by atoms with van der Waals surface area (Å²) < 4.78 is 10.7. The zero-order chi connectivity index (χ0) is 20.1. The Kier molecular flexibility index (Phi) is 6.34. The molecule has 0 heterocycles. The van der Waals surface area contributed by atoms with Gasteiger partial charge in [0.05, 0.1) is 5.02 Å². The molecule has 0 unspecified atom stereocenters. The van der Waals surface area contributed by atoms with Gasteiger partial charge in [-0.2, -0.15) is 0 Å². The number of benzene rings is 3. The highest BCUT2D eigenvalue weighted by atomic mass is 35.5. The maximum Gasteiger partial charge on any atom is 0.349 e. The number of hydrogen-bond acceptors (Lipinski definition) is 4. The predicted molar refractivity (Wildman–Crippen MR) is 109 cm³/mol. The Balaban J connectivity index is 1.64. The highest BCUT2D eigenvalue weighted by Gasteiger charge is 2.13. The second kappa shape index (κ2) is 8.91. The minimum atomic E-state index is -0.587. The van der Waals surface area contributed by atoms with Gasteiger partial charge in [0.25, 0.3) is 0 Å². The molecule has 0 aliphatic carbocycles. The van der Waals surface area contributed by atoms with E-state index in [4.69, 9.17) is 32.7 Å². The van der Waals surface area contributed by atoms with Crippen LogP contribution in [-0.4, -0.2) is 18.4 Å². The normalized spacial score (nSPS) is 10.4. The minimum Gasteiger partial charge on any atom is -0.480 e. The Morgan fingerprint density at radius 1 is 0.857 bits per heavy atom. The monoisotopic (exact) mass is 414 g/mol. The van der Waals surface area contributed by atoms with Crippen molar-refractivity contribution in [1.82, 2.24) is 0 Å². The van der Waals surface area contributed by atoms with Crippen LogP contribution in [-0.2, 0) is 4.79 Å². The molecule has 0 spiro atoms. The highest BCUT2D eigenvalue weighted by molar-refractivity contribution is 6.35. The van der Waals surface area contributed by atoms with E-state index in [0.29, 0.717) is 38.2 Å². The molecule has 4 nitrogen and oxygen atoms in total. The largest absolute Gasteiger partial charge is 0.480 e. The molecule has 142 valence electrons. The number of halogens is 2. The van der Waals surface area contributed by atoms with Gasteiger partial charge in [-0.3, -0.25) is 4.79 Å². The molecule has 0 radical (unpaired) electrons. The lowest BCUT2D eigenvalue weighted by Gasteiger charge is -2.11. The maximum atomic E-state index is 12.5. The van der Waals surface area contributed by atoms with Crippen LogP contribution in [0.4, 0.5) is 0 Å². The first-order chi connectivity index (χ1) is 13.4. The molecule has 28 heavy (non-hydrogen) atoms. The smallest absolute Gasteiger partial charge is 0.349 e. The van der Waals surface area contributed by atoms with Gasteiger partial charge in [-0.05, 0) is 48.9 Å². The van der Waals surface area contributed by atoms with Crippen LogP contribution < -0.4 is 9.47 Å². The molecule has 0 bridgehead atoms. The SMILES string of the molecule is Cc1cc(C(=O)c2ccccc2)ccc1OC(=O)COc1ccc(Cl)cc1Cl. The minimum absolute atomic E-state index is 0.0951. The van der Waals surface area contributed by atoms with Crippen molar-refractivity contribution in [3.8, 4) is 11.5 Å². The van der Waals surface area contributed by atoms with Crippen molar-refractivity contribution in [3.05, 3.63) is 93.5 Å². The number of carbonyl (C=O) groups is 2. The van der Waals surface area contributed by atoms with E-state index in [2.05, 4.69) is 0 Å². The van der Waals surface area contributed by atoms with E-state index >= 15 is 0 Å². The second-order valence-electron chi connectivity index (χ2n) is 6.01. The third-order valence-electron chi connectivity index (χ3n) is 3.94. The molecule has 0 N–H and O–H groups in total. The van der Waals surface area contributed by atoms with E-state index in [0.717, 1.165) is 0 Å². The Morgan fingerprint density at radius 2 is 1.57 bits per heavy atom. The van der Waals surface area contributed by atoms with Crippen molar-refractivity contribution in [2.45, 2.75) is 6.92 Å². The average Bonchev–Trinajstić information content (AvgIpc) is 2.69. The third-order valence-corrected chi connectivity index (χ3v) is 4.47. The van der Waals surface area contributed by atoms with Crippen LogP contribution in [0.25, 0.3) is 0 Å². The number of rotatable bonds is 6. The Labute approximate surface area is 172 Å². The quantitative estimate of drug-likeness (QED) is 0.302. The van der Waals surface area contributed by atoms with Gasteiger partial charge >= 0.3 is 5.97 Å². The van der Waals surface area contributed by atoms with E-state index in [1.807, 2.05) is 18.2 Å². The highest BCUT2D eigenvalue weighted by Crippen LogP contribution is 2.27. The molecule has 0 saturated heterocycles. The number of ketones is 1. The molecule has 3 aromatic carbocycles. The number of ether oxygens (including phenoxy) is 2. The predicted octanol–water partition coefficient (Wildman–Crippen LogP) is 5.52. The molecule has 0 saturated carbocycles. The summed E-state index contributed by atoms with van der Waals surface area (Å²) in [4.78, 5) is 24.6. The lowest BCUT2D eigenvalue weighted by atomic mass is 10.0. The first-order valence-corrected chi connectivity index (χ1v) is 9.18. The van der Waals surface area contributed by atoms with Crippen LogP contribution in [0, 0.1) is 6.92 Å². The van der Waals surface area contributed by atoms with Gasteiger partial charge in [0.15, 0.2) is 12.4 Å². The van der Waals surface area contributed by atoms with Gasteiger partial charge in [0.1, 0.15) is 11.5 Å². The number of carbonyl (C=O) groups excluding carboxylic acids is 2. The summed E-state index contributed by atoms with van der Waals surface area (Å²) in [6.45, 7) is 1.45. The summed E-state index contributed by atoms with van der Waals surface area (Å²) in [6.07, 6.45) is 0. The van der Waals surface area contributed by atoms with E-state index in [9.17, 15) is 9.59 Å². The van der Waals surface area contributed by atoms with Gasteiger partial charge in [-0.1, -0.05) is 53.5 Å². The summed E-state index contributed by atoms with van der Waals surface area (Å²) in [5.41, 5.74) is 1.78. The first-order valence-electron chi connectivity index (χ1n) is 8.43. The number of aryl methyl sites for hydroxylation is 1. The van der Waals surface area contributed by atoms with Crippen LogP contribution in [0.1, 0.15) is 21.5 Å². The number of esters is 1. The molecule has 0 atom stereocenters. The van der Waals surface area contributed by atoms with Gasteiger partial charge in [0, 0.05) is 16.1 Å². The lowest BCUT2D eigenvalue weighted by molar-refractivity contribution is -0.136.